The number of hydrogen-bond acceptors (Lipinski definition) is 8. The molecule has 0 atom stereocenters. The molecule has 0 radical (unpaired) electrons. The molecule has 0 saturated heterocycles. The van der Waals surface area contributed by atoms with Crippen LogP contribution in [0.15, 0.2) is 34.4 Å². The second-order valence-electron chi connectivity index (χ2n) is 6.72. The molecule has 0 unspecified atom stereocenters. The summed E-state index contributed by atoms with van der Waals surface area (Å²) < 4.78 is 0. The molecule has 12 nitrogen and oxygen atoms in total. The molecular weight excluding hydrogens is 540 g/mol. The van der Waals surface area contributed by atoms with Crippen LogP contribution in [-0.2, 0) is 6.42 Å². The minimum Gasteiger partial charge on any atom is -0.382 e. The van der Waals surface area contributed by atoms with Gasteiger partial charge in [0.25, 0.3) is 5.91 Å². The molecule has 1 aromatic carbocycles. The first-order chi connectivity index (χ1) is 15.2. The van der Waals surface area contributed by atoms with Gasteiger partial charge in [0.15, 0.2) is 28.4 Å². The van der Waals surface area contributed by atoms with E-state index in [-0.39, 0.29) is 71.6 Å². The van der Waals surface area contributed by atoms with Gasteiger partial charge in [-0.3, -0.25) is 20.1 Å². The van der Waals surface area contributed by atoms with E-state index in [4.69, 9.17) is 40.3 Å². The van der Waals surface area contributed by atoms with Crippen LogP contribution in [0, 0.1) is 0 Å². The molecule has 0 aliphatic carbocycles. The molecule has 2 rings (SSSR count). The van der Waals surface area contributed by atoms with E-state index < -0.39 is 5.91 Å². The monoisotopic (exact) mass is 569 g/mol. The second kappa shape index (κ2) is 16.7. The van der Waals surface area contributed by atoms with Crippen LogP contribution in [0.25, 0.3) is 0 Å². The highest BCUT2D eigenvalue weighted by molar-refractivity contribution is 6.31. The summed E-state index contributed by atoms with van der Waals surface area (Å²) in [5.41, 5.74) is 29.7. The predicted octanol–water partition coefficient (Wildman–Crippen LogP) is 1.64. The molecule has 0 fully saturated rings. The van der Waals surface area contributed by atoms with Gasteiger partial charge in [-0.1, -0.05) is 23.7 Å². The number of hydrogen-bond donors (Lipinski definition) is 6. The van der Waals surface area contributed by atoms with Crippen LogP contribution in [-0.4, -0.2) is 40.9 Å². The number of halogens is 4. The number of aliphatic imine (C=N–C) groups is 1. The zero-order valence-electron chi connectivity index (χ0n) is 19.0. The smallest absolute Gasteiger partial charge is 0.280 e. The number of unbranched alkanes of at least 4 members (excludes halogenated alkanes) is 1. The van der Waals surface area contributed by atoms with E-state index in [0.717, 1.165) is 24.9 Å². The van der Waals surface area contributed by atoms with Crippen molar-refractivity contribution in [2.75, 3.05) is 29.6 Å². The summed E-state index contributed by atoms with van der Waals surface area (Å²) in [5, 5.41) is 8.08. The fourth-order valence-corrected chi connectivity index (χ4v) is 2.88. The van der Waals surface area contributed by atoms with E-state index in [1.807, 2.05) is 31.2 Å². The van der Waals surface area contributed by atoms with Gasteiger partial charge in [0, 0.05) is 13.1 Å². The topological polar surface area (TPSA) is 213 Å². The first-order valence-corrected chi connectivity index (χ1v) is 10.2. The highest BCUT2D eigenvalue weighted by Crippen LogP contribution is 2.18. The summed E-state index contributed by atoms with van der Waals surface area (Å²) in [6, 6.07) is 7.99. The standard InChI is InChI=1S/C19H28ClN11O.3ClH/c1-2-31(30-18(23)24)12-8-6-11(7-9-12)5-3-4-10-26-19(25)29-17(32)13-15(21)28-16(22)14(20)27-13;;;/h6-9H,2-5,10H2,1H3,(H4,21,22,28)(H4,23,24,30)(H3,25,26,29,32);3*1H. The largest absolute Gasteiger partial charge is 0.382 e. The fourth-order valence-electron chi connectivity index (χ4n) is 2.75. The van der Waals surface area contributed by atoms with Crippen molar-refractivity contribution in [2.24, 2.45) is 27.3 Å². The lowest BCUT2D eigenvalue weighted by molar-refractivity contribution is 0.0972. The number of carbonyl (C=O) groups is 1. The van der Waals surface area contributed by atoms with Gasteiger partial charge in [-0.15, -0.1) is 42.3 Å². The number of rotatable bonds is 9. The number of nitrogens with one attached hydrogen (secondary N) is 1. The van der Waals surface area contributed by atoms with E-state index in [0.29, 0.717) is 13.1 Å². The van der Waals surface area contributed by atoms with Crippen molar-refractivity contribution in [3.8, 4) is 0 Å². The average Bonchev–Trinajstić information content (AvgIpc) is 2.74. The molecule has 0 bridgehead atoms. The number of amides is 1. The molecule has 196 valence electrons. The molecule has 16 heteroatoms. The van der Waals surface area contributed by atoms with Crippen molar-refractivity contribution in [1.29, 1.82) is 0 Å². The Morgan fingerprint density at radius 2 is 1.66 bits per heavy atom. The van der Waals surface area contributed by atoms with Crippen LogP contribution in [0.5, 0.6) is 0 Å². The summed E-state index contributed by atoms with van der Waals surface area (Å²) in [5.74, 6) is -0.911. The summed E-state index contributed by atoms with van der Waals surface area (Å²) in [7, 11) is 0. The molecule has 1 amide bonds. The Morgan fingerprint density at radius 1 is 1.03 bits per heavy atom. The molecule has 1 aromatic heterocycles. The number of nitrogen functional groups attached to an aromatic ring is 2. The predicted molar refractivity (Wildman–Crippen MR) is 150 cm³/mol. The number of hydrazone groups is 1. The molecule has 0 spiro atoms. The maximum atomic E-state index is 12.2. The number of anilines is 3. The third-order valence-electron chi connectivity index (χ3n) is 4.29. The van der Waals surface area contributed by atoms with Crippen LogP contribution < -0.4 is 39.0 Å². The molecule has 1 heterocycles. The number of carbonyl (C=O) groups excluding carboxylic acids is 1. The van der Waals surface area contributed by atoms with Crippen molar-refractivity contribution in [3.05, 3.63) is 40.7 Å². The Morgan fingerprint density at radius 3 is 2.23 bits per heavy atom. The highest BCUT2D eigenvalue weighted by Gasteiger charge is 2.16. The Kier molecular flexibility index (Phi) is 16.3. The van der Waals surface area contributed by atoms with Gasteiger partial charge in [-0.25, -0.2) is 9.97 Å². The van der Waals surface area contributed by atoms with Gasteiger partial charge < -0.3 is 28.7 Å². The van der Waals surface area contributed by atoms with Gasteiger partial charge in [0.1, 0.15) is 0 Å². The van der Waals surface area contributed by atoms with Crippen molar-refractivity contribution >= 4 is 84.0 Å². The average molecular weight is 571 g/mol. The van der Waals surface area contributed by atoms with Crippen LogP contribution >= 0.6 is 48.8 Å². The minimum absolute atomic E-state index is 0. The Balaban J connectivity index is 0. The Bertz CT molecular complexity index is 999. The lowest BCUT2D eigenvalue weighted by Gasteiger charge is -2.17. The van der Waals surface area contributed by atoms with E-state index in [1.54, 1.807) is 5.01 Å². The molecular formula is C19H31Cl4N11O. The molecule has 11 N–H and O–H groups in total. The molecule has 0 aliphatic rings. The fraction of sp³-hybridized carbons (Fsp3) is 0.316. The van der Waals surface area contributed by atoms with Crippen molar-refractivity contribution in [2.45, 2.75) is 26.2 Å². The number of benzene rings is 1. The van der Waals surface area contributed by atoms with Gasteiger partial charge in [-0.2, -0.15) is 0 Å². The SMILES string of the molecule is CCN(N=C(N)N)c1ccc(CCCCN=C(N)NC(=O)c2nc(Cl)c(N)nc2N)cc1.Cl.Cl.Cl. The number of aryl methyl sites for hydroxylation is 1. The van der Waals surface area contributed by atoms with Crippen LogP contribution in [0.1, 0.15) is 35.8 Å². The molecule has 0 saturated carbocycles. The number of nitrogens with two attached hydrogens (primary N) is 5. The zero-order valence-corrected chi connectivity index (χ0v) is 22.2. The van der Waals surface area contributed by atoms with E-state index in [9.17, 15) is 4.79 Å². The summed E-state index contributed by atoms with van der Waals surface area (Å²) >= 11 is 5.77. The zero-order chi connectivity index (χ0) is 23.7. The molecule has 2 aromatic rings. The number of aromatic nitrogens is 2. The maximum Gasteiger partial charge on any atom is 0.280 e. The van der Waals surface area contributed by atoms with Crippen molar-refractivity contribution in [3.63, 3.8) is 0 Å². The Hall–Kier alpha value is -2.93. The summed E-state index contributed by atoms with van der Waals surface area (Å²) in [4.78, 5) is 23.9. The number of guanidine groups is 2. The quantitative estimate of drug-likeness (QED) is 0.112. The second-order valence-corrected chi connectivity index (χ2v) is 7.08. The minimum atomic E-state index is -0.667. The number of nitrogens with zero attached hydrogens (tertiary/aromatic N) is 5. The first kappa shape index (κ1) is 34.2. The van der Waals surface area contributed by atoms with Gasteiger partial charge in [-0.05, 0) is 43.9 Å². The van der Waals surface area contributed by atoms with Gasteiger partial charge in [0.2, 0.25) is 5.96 Å². The summed E-state index contributed by atoms with van der Waals surface area (Å²) in [6.45, 7) is 3.06. The Labute approximate surface area is 227 Å². The molecule has 35 heavy (non-hydrogen) atoms. The normalized spacial score (nSPS) is 10.2. The first-order valence-electron chi connectivity index (χ1n) is 9.87. The van der Waals surface area contributed by atoms with Gasteiger partial charge >= 0.3 is 0 Å². The molecule has 0 aliphatic heterocycles. The van der Waals surface area contributed by atoms with Crippen molar-refractivity contribution in [1.82, 2.24) is 15.3 Å². The van der Waals surface area contributed by atoms with Crippen LogP contribution in [0.2, 0.25) is 5.15 Å². The van der Waals surface area contributed by atoms with Crippen molar-refractivity contribution < 1.29 is 4.79 Å². The van der Waals surface area contributed by atoms with Crippen LogP contribution in [0.3, 0.4) is 0 Å². The maximum absolute atomic E-state index is 12.2. The third-order valence-corrected chi connectivity index (χ3v) is 4.57. The summed E-state index contributed by atoms with van der Waals surface area (Å²) in [6.07, 6.45) is 2.54. The lowest BCUT2D eigenvalue weighted by atomic mass is 10.1. The van der Waals surface area contributed by atoms with E-state index >= 15 is 0 Å². The van der Waals surface area contributed by atoms with E-state index in [1.165, 1.54) is 5.56 Å². The lowest BCUT2D eigenvalue weighted by Crippen LogP contribution is -2.38. The van der Waals surface area contributed by atoms with Crippen LogP contribution in [0.4, 0.5) is 17.3 Å². The highest BCUT2D eigenvalue weighted by atomic mass is 35.5. The van der Waals surface area contributed by atoms with Gasteiger partial charge in [0.05, 0.1) is 5.69 Å². The van der Waals surface area contributed by atoms with E-state index in [2.05, 4.69) is 25.4 Å². The third kappa shape index (κ3) is 10.9.